The maximum Gasteiger partial charge on any atom is 0.256 e. The molecule has 4 heteroatoms. The van der Waals surface area contributed by atoms with Crippen molar-refractivity contribution < 1.29 is 4.79 Å². The van der Waals surface area contributed by atoms with Gasteiger partial charge in [-0.1, -0.05) is 48.5 Å². The van der Waals surface area contributed by atoms with Gasteiger partial charge in [0, 0.05) is 30.1 Å². The topological polar surface area (TPSA) is 59.2 Å². The van der Waals surface area contributed by atoms with E-state index in [0.29, 0.717) is 25.2 Å². The average Bonchev–Trinajstić information content (AvgIpc) is 3.12. The fraction of sp³-hybridized carbons (Fsp3) is 0.273. The summed E-state index contributed by atoms with van der Waals surface area (Å²) in [6.07, 6.45) is 0. The maximum absolute atomic E-state index is 13.3. The molecule has 0 radical (unpaired) electrons. The van der Waals surface area contributed by atoms with E-state index >= 15 is 0 Å². The highest BCUT2D eigenvalue weighted by molar-refractivity contribution is 6.05. The Balaban J connectivity index is 1.66. The lowest BCUT2D eigenvalue weighted by atomic mass is 9.89. The van der Waals surface area contributed by atoms with E-state index < -0.39 is 0 Å². The van der Waals surface area contributed by atoms with Gasteiger partial charge in [0.1, 0.15) is 0 Å². The van der Waals surface area contributed by atoms with Gasteiger partial charge in [-0.3, -0.25) is 9.78 Å². The molecule has 26 heavy (non-hydrogen) atoms. The van der Waals surface area contributed by atoms with E-state index in [0.717, 1.165) is 16.6 Å². The third-order valence-electron chi connectivity index (χ3n) is 5.35. The van der Waals surface area contributed by atoms with Crippen molar-refractivity contribution in [1.29, 1.82) is 0 Å². The fourth-order valence-corrected chi connectivity index (χ4v) is 3.94. The molecule has 1 aliphatic heterocycles. The predicted molar refractivity (Wildman–Crippen MR) is 104 cm³/mol. The number of para-hydroxylation sites is 1. The normalized spacial score (nSPS) is 19.8. The van der Waals surface area contributed by atoms with Crippen molar-refractivity contribution in [1.82, 2.24) is 9.88 Å². The first-order valence-corrected chi connectivity index (χ1v) is 9.08. The van der Waals surface area contributed by atoms with E-state index in [1.165, 1.54) is 5.56 Å². The second kappa shape index (κ2) is 6.89. The van der Waals surface area contributed by atoms with Gasteiger partial charge in [-0.05, 0) is 37.1 Å². The lowest BCUT2D eigenvalue weighted by molar-refractivity contribution is 0.0788. The smallest absolute Gasteiger partial charge is 0.256 e. The summed E-state index contributed by atoms with van der Waals surface area (Å²) < 4.78 is 0. The Labute approximate surface area is 153 Å². The molecule has 2 N–H and O–H groups in total. The summed E-state index contributed by atoms with van der Waals surface area (Å²) in [7, 11) is 0. The molecule has 4 rings (SSSR count). The monoisotopic (exact) mass is 345 g/mol. The SMILES string of the molecule is Cc1ccc2cccc(C(=O)N3C[C@@H](CN)[C@H](c4ccccc4)C3)c2n1. The van der Waals surface area contributed by atoms with E-state index in [2.05, 4.69) is 17.1 Å². The van der Waals surface area contributed by atoms with Crippen molar-refractivity contribution in [2.75, 3.05) is 19.6 Å². The van der Waals surface area contributed by atoms with Crippen LogP contribution in [-0.4, -0.2) is 35.4 Å². The Morgan fingerprint density at radius 3 is 2.65 bits per heavy atom. The molecule has 2 heterocycles. The zero-order chi connectivity index (χ0) is 18.1. The number of hydrogen-bond donors (Lipinski definition) is 1. The average molecular weight is 345 g/mol. The van der Waals surface area contributed by atoms with Crippen LogP contribution >= 0.6 is 0 Å². The van der Waals surface area contributed by atoms with E-state index in [1.807, 2.05) is 60.4 Å². The summed E-state index contributed by atoms with van der Waals surface area (Å²) in [5.74, 6) is 0.617. The van der Waals surface area contributed by atoms with Crippen LogP contribution in [0.3, 0.4) is 0 Å². The summed E-state index contributed by atoms with van der Waals surface area (Å²) in [6, 6.07) is 20.2. The second-order valence-electron chi connectivity index (χ2n) is 7.05. The van der Waals surface area contributed by atoms with Crippen LogP contribution in [0.25, 0.3) is 10.9 Å². The van der Waals surface area contributed by atoms with E-state index in [4.69, 9.17) is 5.73 Å². The largest absolute Gasteiger partial charge is 0.338 e. The molecule has 0 saturated carbocycles. The standard InChI is InChI=1S/C22H23N3O/c1-15-10-11-17-8-5-9-19(21(17)24-15)22(26)25-13-18(12-23)20(14-25)16-6-3-2-4-7-16/h2-11,18,20H,12-14,23H2,1H3/t18-,20+/m1/s1. The third kappa shape index (κ3) is 2.97. The number of likely N-dealkylation sites (tertiary alicyclic amines) is 1. The van der Waals surface area contributed by atoms with Gasteiger partial charge in [-0.15, -0.1) is 0 Å². The molecule has 132 valence electrons. The number of fused-ring (bicyclic) bond motifs is 1. The van der Waals surface area contributed by atoms with Gasteiger partial charge in [-0.25, -0.2) is 0 Å². The molecule has 2 atom stereocenters. The molecule has 1 aromatic heterocycles. The molecular formula is C22H23N3O. The van der Waals surface area contributed by atoms with Gasteiger partial charge < -0.3 is 10.6 Å². The summed E-state index contributed by atoms with van der Waals surface area (Å²) in [5, 5.41) is 0.996. The van der Waals surface area contributed by atoms with Crippen LogP contribution in [-0.2, 0) is 0 Å². The van der Waals surface area contributed by atoms with Gasteiger partial charge in [0.2, 0.25) is 0 Å². The minimum absolute atomic E-state index is 0.0468. The molecule has 1 fully saturated rings. The Bertz CT molecular complexity index is 939. The molecule has 3 aromatic rings. The van der Waals surface area contributed by atoms with E-state index in [1.54, 1.807) is 0 Å². The predicted octanol–water partition coefficient (Wildman–Crippen LogP) is 3.36. The lowest BCUT2D eigenvalue weighted by Crippen LogP contribution is -2.30. The molecule has 0 spiro atoms. The minimum Gasteiger partial charge on any atom is -0.338 e. The highest BCUT2D eigenvalue weighted by atomic mass is 16.2. The number of aryl methyl sites for hydroxylation is 1. The molecule has 0 bridgehead atoms. The summed E-state index contributed by atoms with van der Waals surface area (Å²) in [5.41, 5.74) is 9.65. The van der Waals surface area contributed by atoms with Crippen LogP contribution in [0, 0.1) is 12.8 Å². The van der Waals surface area contributed by atoms with Crippen LogP contribution in [0.2, 0.25) is 0 Å². The van der Waals surface area contributed by atoms with Crippen LogP contribution in [0.4, 0.5) is 0 Å². The van der Waals surface area contributed by atoms with Crippen LogP contribution in [0.15, 0.2) is 60.7 Å². The van der Waals surface area contributed by atoms with Gasteiger partial charge >= 0.3 is 0 Å². The number of carbonyl (C=O) groups is 1. The first kappa shape index (κ1) is 16.7. The van der Waals surface area contributed by atoms with Crippen molar-refractivity contribution >= 4 is 16.8 Å². The number of aromatic nitrogens is 1. The van der Waals surface area contributed by atoms with Gasteiger partial charge in [0.25, 0.3) is 5.91 Å². The quantitative estimate of drug-likeness (QED) is 0.792. The first-order valence-electron chi connectivity index (χ1n) is 9.08. The maximum atomic E-state index is 13.3. The Kier molecular flexibility index (Phi) is 4.43. The fourth-order valence-electron chi connectivity index (χ4n) is 3.94. The Hall–Kier alpha value is -2.72. The molecule has 4 nitrogen and oxygen atoms in total. The highest BCUT2D eigenvalue weighted by Crippen LogP contribution is 2.33. The Morgan fingerprint density at radius 1 is 1.08 bits per heavy atom. The van der Waals surface area contributed by atoms with E-state index in [-0.39, 0.29) is 17.7 Å². The molecule has 1 saturated heterocycles. The number of nitrogens with zero attached hydrogens (tertiary/aromatic N) is 2. The van der Waals surface area contributed by atoms with Crippen molar-refractivity contribution in [3.05, 3.63) is 77.5 Å². The number of benzene rings is 2. The highest BCUT2D eigenvalue weighted by Gasteiger charge is 2.36. The number of carbonyl (C=O) groups excluding carboxylic acids is 1. The summed E-state index contributed by atoms with van der Waals surface area (Å²) >= 11 is 0. The van der Waals surface area contributed by atoms with E-state index in [9.17, 15) is 4.79 Å². The zero-order valence-electron chi connectivity index (χ0n) is 14.9. The van der Waals surface area contributed by atoms with Crippen molar-refractivity contribution in [2.24, 2.45) is 11.7 Å². The molecule has 1 aliphatic rings. The van der Waals surface area contributed by atoms with Gasteiger partial charge in [0.05, 0.1) is 11.1 Å². The van der Waals surface area contributed by atoms with Crippen LogP contribution in [0.1, 0.15) is 27.5 Å². The molecule has 0 unspecified atom stereocenters. The minimum atomic E-state index is 0.0468. The molecule has 0 aliphatic carbocycles. The van der Waals surface area contributed by atoms with Gasteiger partial charge in [0.15, 0.2) is 0 Å². The summed E-state index contributed by atoms with van der Waals surface area (Å²) in [4.78, 5) is 19.8. The van der Waals surface area contributed by atoms with Crippen molar-refractivity contribution in [3.63, 3.8) is 0 Å². The Morgan fingerprint density at radius 2 is 1.88 bits per heavy atom. The molecule has 2 aromatic carbocycles. The molecular weight excluding hydrogens is 322 g/mol. The number of nitrogens with two attached hydrogens (primary N) is 1. The van der Waals surface area contributed by atoms with Gasteiger partial charge in [-0.2, -0.15) is 0 Å². The second-order valence-corrected chi connectivity index (χ2v) is 7.05. The van der Waals surface area contributed by atoms with Crippen molar-refractivity contribution in [2.45, 2.75) is 12.8 Å². The van der Waals surface area contributed by atoms with Crippen LogP contribution < -0.4 is 5.73 Å². The number of hydrogen-bond acceptors (Lipinski definition) is 3. The van der Waals surface area contributed by atoms with Crippen LogP contribution in [0.5, 0.6) is 0 Å². The third-order valence-corrected chi connectivity index (χ3v) is 5.35. The number of pyridine rings is 1. The number of amides is 1. The lowest BCUT2D eigenvalue weighted by Gasteiger charge is -2.17. The zero-order valence-corrected chi connectivity index (χ0v) is 14.9. The summed E-state index contributed by atoms with van der Waals surface area (Å²) in [6.45, 7) is 3.92. The number of rotatable bonds is 3. The molecule has 1 amide bonds. The van der Waals surface area contributed by atoms with Crippen molar-refractivity contribution in [3.8, 4) is 0 Å². The first-order chi connectivity index (χ1) is 12.7.